The molecule has 1 N–H and O–H groups in total. The van der Waals surface area contributed by atoms with Crippen molar-refractivity contribution < 1.29 is 9.90 Å². The standard InChI is InChI=1S/C15H19BrN2O2/c1-2-17-7-12-15(10-3-5-11(16)6-4-10)13(9-19)18(12)14(20)8-17/h3-6,12-13,15,19H,2,7-9H2,1H3/t12-,13-,15+/m0/s1. The first-order chi connectivity index (χ1) is 9.65. The van der Waals surface area contributed by atoms with Gasteiger partial charge in [0.05, 0.1) is 25.2 Å². The zero-order valence-electron chi connectivity index (χ0n) is 11.5. The van der Waals surface area contributed by atoms with Crippen LogP contribution in [0.15, 0.2) is 28.7 Å². The number of hydrogen-bond donors (Lipinski definition) is 1. The summed E-state index contributed by atoms with van der Waals surface area (Å²) in [6.45, 7) is 4.40. The zero-order chi connectivity index (χ0) is 14.3. The third-order valence-electron chi connectivity index (χ3n) is 4.52. The van der Waals surface area contributed by atoms with E-state index in [4.69, 9.17) is 0 Å². The van der Waals surface area contributed by atoms with Gasteiger partial charge in [0.2, 0.25) is 5.91 Å². The number of carbonyl (C=O) groups excluding carboxylic acids is 1. The van der Waals surface area contributed by atoms with E-state index in [0.717, 1.165) is 17.6 Å². The van der Waals surface area contributed by atoms with Gasteiger partial charge in [-0.05, 0) is 24.2 Å². The fourth-order valence-electron chi connectivity index (χ4n) is 3.49. The van der Waals surface area contributed by atoms with Crippen LogP contribution in [0.1, 0.15) is 18.4 Å². The Balaban J connectivity index is 1.86. The minimum absolute atomic E-state index is 0.0368. The molecule has 2 heterocycles. The lowest BCUT2D eigenvalue weighted by Crippen LogP contribution is -2.72. The summed E-state index contributed by atoms with van der Waals surface area (Å²) < 4.78 is 1.05. The average Bonchev–Trinajstić information content (AvgIpc) is 2.43. The first-order valence-electron chi connectivity index (χ1n) is 7.05. The molecule has 3 atom stereocenters. The van der Waals surface area contributed by atoms with E-state index in [1.807, 2.05) is 17.0 Å². The van der Waals surface area contributed by atoms with Crippen molar-refractivity contribution in [1.29, 1.82) is 0 Å². The maximum absolute atomic E-state index is 12.2. The molecule has 20 heavy (non-hydrogen) atoms. The molecule has 1 amide bonds. The van der Waals surface area contributed by atoms with Crippen LogP contribution in [0.5, 0.6) is 0 Å². The number of piperazine rings is 1. The molecule has 0 saturated carbocycles. The van der Waals surface area contributed by atoms with Gasteiger partial charge in [-0.2, -0.15) is 0 Å². The van der Waals surface area contributed by atoms with Crippen LogP contribution in [0, 0.1) is 0 Å². The SMILES string of the molecule is CCN1CC(=O)N2[C@@H](CO)[C@H](c3ccc(Br)cc3)[C@@H]2C1. The number of rotatable bonds is 3. The van der Waals surface area contributed by atoms with Crippen LogP contribution < -0.4 is 0 Å². The fraction of sp³-hybridized carbons (Fsp3) is 0.533. The third kappa shape index (κ3) is 2.18. The van der Waals surface area contributed by atoms with Crippen LogP contribution in [-0.2, 0) is 4.79 Å². The van der Waals surface area contributed by atoms with Gasteiger partial charge in [0, 0.05) is 16.9 Å². The molecule has 2 aliphatic heterocycles. The van der Waals surface area contributed by atoms with Gasteiger partial charge in [-0.15, -0.1) is 0 Å². The number of hydrogen-bond acceptors (Lipinski definition) is 3. The van der Waals surface area contributed by atoms with E-state index in [9.17, 15) is 9.90 Å². The van der Waals surface area contributed by atoms with Gasteiger partial charge in [0.1, 0.15) is 0 Å². The molecule has 0 aromatic heterocycles. The molecule has 2 aliphatic rings. The lowest BCUT2D eigenvalue weighted by Gasteiger charge is -2.58. The van der Waals surface area contributed by atoms with Gasteiger partial charge in [0.25, 0.3) is 0 Å². The molecule has 1 aromatic rings. The molecule has 0 aliphatic carbocycles. The van der Waals surface area contributed by atoms with Crippen molar-refractivity contribution in [2.24, 2.45) is 0 Å². The highest BCUT2D eigenvalue weighted by atomic mass is 79.9. The van der Waals surface area contributed by atoms with Crippen LogP contribution in [0.2, 0.25) is 0 Å². The Morgan fingerprint density at radius 2 is 2.05 bits per heavy atom. The molecule has 0 radical (unpaired) electrons. The predicted octanol–water partition coefficient (Wildman–Crippen LogP) is 1.44. The Kier molecular flexibility index (Phi) is 3.84. The first kappa shape index (κ1) is 14.0. The van der Waals surface area contributed by atoms with Crippen LogP contribution in [0.25, 0.3) is 0 Å². The van der Waals surface area contributed by atoms with Crippen LogP contribution in [-0.4, -0.2) is 59.1 Å². The van der Waals surface area contributed by atoms with Crippen molar-refractivity contribution >= 4 is 21.8 Å². The van der Waals surface area contributed by atoms with E-state index >= 15 is 0 Å². The maximum Gasteiger partial charge on any atom is 0.237 e. The second kappa shape index (κ2) is 5.47. The van der Waals surface area contributed by atoms with E-state index < -0.39 is 0 Å². The summed E-state index contributed by atoms with van der Waals surface area (Å²) in [6, 6.07) is 8.36. The molecule has 2 saturated heterocycles. The molecule has 5 heteroatoms. The monoisotopic (exact) mass is 338 g/mol. The Hall–Kier alpha value is -0.910. The van der Waals surface area contributed by atoms with Gasteiger partial charge in [-0.25, -0.2) is 0 Å². The average molecular weight is 339 g/mol. The number of nitrogens with zero attached hydrogens (tertiary/aromatic N) is 2. The van der Waals surface area contributed by atoms with Crippen molar-refractivity contribution in [3.8, 4) is 0 Å². The highest BCUT2D eigenvalue weighted by Gasteiger charge is 2.53. The molecular formula is C15H19BrN2O2. The molecule has 3 rings (SSSR count). The smallest absolute Gasteiger partial charge is 0.237 e. The van der Waals surface area contributed by atoms with Gasteiger partial charge < -0.3 is 10.0 Å². The van der Waals surface area contributed by atoms with Crippen molar-refractivity contribution in [3.05, 3.63) is 34.3 Å². The molecule has 0 unspecified atom stereocenters. The van der Waals surface area contributed by atoms with Crippen molar-refractivity contribution in [2.45, 2.75) is 24.9 Å². The van der Waals surface area contributed by atoms with Gasteiger partial charge in [-0.3, -0.25) is 9.69 Å². The number of carbonyl (C=O) groups is 1. The Morgan fingerprint density at radius 1 is 1.35 bits per heavy atom. The van der Waals surface area contributed by atoms with E-state index in [-0.39, 0.29) is 30.5 Å². The Morgan fingerprint density at radius 3 is 2.65 bits per heavy atom. The molecule has 108 valence electrons. The number of aliphatic hydroxyl groups excluding tert-OH is 1. The minimum Gasteiger partial charge on any atom is -0.394 e. The number of likely N-dealkylation sites (N-methyl/N-ethyl adjacent to an activating group) is 1. The summed E-state index contributed by atoms with van der Waals surface area (Å²) in [5, 5.41) is 9.64. The van der Waals surface area contributed by atoms with E-state index in [0.29, 0.717) is 6.54 Å². The van der Waals surface area contributed by atoms with Gasteiger partial charge >= 0.3 is 0 Å². The highest BCUT2D eigenvalue weighted by molar-refractivity contribution is 9.10. The molecule has 1 aromatic carbocycles. The fourth-order valence-corrected chi connectivity index (χ4v) is 3.76. The summed E-state index contributed by atoms with van der Waals surface area (Å²) in [4.78, 5) is 16.3. The Labute approximate surface area is 127 Å². The van der Waals surface area contributed by atoms with Gasteiger partial charge in [0.15, 0.2) is 0 Å². The van der Waals surface area contributed by atoms with Crippen LogP contribution in [0.4, 0.5) is 0 Å². The minimum atomic E-state index is -0.0623. The topological polar surface area (TPSA) is 43.8 Å². The number of fused-ring (bicyclic) bond motifs is 1. The number of aliphatic hydroxyl groups is 1. The van der Waals surface area contributed by atoms with Crippen molar-refractivity contribution in [3.63, 3.8) is 0 Å². The third-order valence-corrected chi connectivity index (χ3v) is 5.05. The first-order valence-corrected chi connectivity index (χ1v) is 7.84. The lowest BCUT2D eigenvalue weighted by molar-refractivity contribution is -0.161. The summed E-state index contributed by atoms with van der Waals surface area (Å²) in [5.41, 5.74) is 1.21. The Bertz CT molecular complexity index is 505. The van der Waals surface area contributed by atoms with Crippen molar-refractivity contribution in [1.82, 2.24) is 9.80 Å². The zero-order valence-corrected chi connectivity index (χ0v) is 13.1. The number of halogens is 1. The largest absolute Gasteiger partial charge is 0.394 e. The number of amides is 1. The van der Waals surface area contributed by atoms with Crippen LogP contribution >= 0.6 is 15.9 Å². The van der Waals surface area contributed by atoms with E-state index in [1.165, 1.54) is 5.56 Å². The summed E-state index contributed by atoms with van der Waals surface area (Å²) in [5.74, 6) is 0.391. The van der Waals surface area contributed by atoms with E-state index in [2.05, 4.69) is 39.9 Å². The quantitative estimate of drug-likeness (QED) is 0.906. The molecule has 0 spiro atoms. The van der Waals surface area contributed by atoms with E-state index in [1.54, 1.807) is 0 Å². The summed E-state index contributed by atoms with van der Waals surface area (Å²) in [7, 11) is 0. The second-order valence-electron chi connectivity index (χ2n) is 5.52. The predicted molar refractivity (Wildman–Crippen MR) is 80.5 cm³/mol. The summed E-state index contributed by atoms with van der Waals surface area (Å²) in [6.07, 6.45) is 0. The maximum atomic E-state index is 12.2. The van der Waals surface area contributed by atoms with Crippen LogP contribution in [0.3, 0.4) is 0 Å². The van der Waals surface area contributed by atoms with Gasteiger partial charge in [-0.1, -0.05) is 35.0 Å². The molecular weight excluding hydrogens is 320 g/mol. The lowest BCUT2D eigenvalue weighted by atomic mass is 9.74. The molecule has 2 fully saturated rings. The summed E-state index contributed by atoms with van der Waals surface area (Å²) >= 11 is 3.44. The second-order valence-corrected chi connectivity index (χ2v) is 6.44. The highest BCUT2D eigenvalue weighted by Crippen LogP contribution is 2.42. The molecule has 4 nitrogen and oxygen atoms in total. The molecule has 0 bridgehead atoms. The normalized spacial score (nSPS) is 30.1. The van der Waals surface area contributed by atoms with Crippen molar-refractivity contribution in [2.75, 3.05) is 26.2 Å². The number of benzene rings is 1.